The number of carbonyl (C=O) groups is 4. The Morgan fingerprint density at radius 1 is 0.743 bits per heavy atom. The van der Waals surface area contributed by atoms with Crippen molar-refractivity contribution in [3.8, 4) is 0 Å². The van der Waals surface area contributed by atoms with Crippen LogP contribution in [0.3, 0.4) is 0 Å². The number of benzene rings is 3. The highest BCUT2D eigenvalue weighted by molar-refractivity contribution is 6.40. The van der Waals surface area contributed by atoms with Crippen LogP contribution in [0, 0.1) is 11.8 Å². The predicted molar refractivity (Wildman–Crippen MR) is 129 cm³/mol. The average molecular weight is 527 g/mol. The van der Waals surface area contributed by atoms with Crippen LogP contribution in [-0.4, -0.2) is 29.0 Å². The van der Waals surface area contributed by atoms with Crippen molar-refractivity contribution in [1.29, 1.82) is 0 Å². The molecule has 0 unspecified atom stereocenters. The summed E-state index contributed by atoms with van der Waals surface area (Å²) in [6, 6.07) is 17.2. The normalized spacial score (nSPS) is 24.4. The van der Waals surface area contributed by atoms with Gasteiger partial charge in [-0.05, 0) is 35.9 Å². The molecule has 6 nitrogen and oxygen atoms in total. The van der Waals surface area contributed by atoms with Crippen molar-refractivity contribution >= 4 is 63.9 Å². The molecule has 1 spiro atoms. The zero-order chi connectivity index (χ0) is 24.6. The number of amides is 2. The van der Waals surface area contributed by atoms with E-state index in [1.807, 2.05) is 0 Å². The summed E-state index contributed by atoms with van der Waals surface area (Å²) in [6.45, 7) is 0. The number of rotatable bonds is 2. The van der Waals surface area contributed by atoms with Gasteiger partial charge >= 0.3 is 0 Å². The molecule has 0 saturated carbocycles. The Labute approximate surface area is 214 Å². The maximum absolute atomic E-state index is 13.9. The van der Waals surface area contributed by atoms with Gasteiger partial charge in [0.1, 0.15) is 0 Å². The number of hydrogen-bond donors (Lipinski definition) is 0. The van der Waals surface area contributed by atoms with Crippen LogP contribution in [0.4, 0.5) is 5.69 Å². The van der Waals surface area contributed by atoms with Crippen LogP contribution in [0.5, 0.6) is 0 Å². The topological polar surface area (TPSA) is 80.8 Å². The van der Waals surface area contributed by atoms with Crippen molar-refractivity contribution in [2.75, 3.05) is 4.90 Å². The molecular formula is C26H14Cl3NO5. The summed E-state index contributed by atoms with van der Waals surface area (Å²) >= 11 is 18.4. The first-order valence-electron chi connectivity index (χ1n) is 10.7. The van der Waals surface area contributed by atoms with E-state index >= 15 is 0 Å². The molecule has 9 heteroatoms. The van der Waals surface area contributed by atoms with E-state index in [9.17, 15) is 19.2 Å². The summed E-state index contributed by atoms with van der Waals surface area (Å²) in [5.41, 5.74) is -1.18. The smallest absolute Gasteiger partial charge is 0.241 e. The van der Waals surface area contributed by atoms with Crippen LogP contribution in [0.25, 0.3) is 0 Å². The van der Waals surface area contributed by atoms with Crippen molar-refractivity contribution in [2.45, 2.75) is 11.7 Å². The quantitative estimate of drug-likeness (QED) is 0.333. The van der Waals surface area contributed by atoms with E-state index in [2.05, 4.69) is 0 Å². The van der Waals surface area contributed by atoms with Gasteiger partial charge in [0.25, 0.3) is 0 Å². The van der Waals surface area contributed by atoms with Crippen LogP contribution < -0.4 is 4.90 Å². The average Bonchev–Trinajstić information content (AvgIpc) is 3.40. The highest BCUT2D eigenvalue weighted by Gasteiger charge is 2.74. The highest BCUT2D eigenvalue weighted by Crippen LogP contribution is 2.58. The molecule has 1 aliphatic carbocycles. The van der Waals surface area contributed by atoms with E-state index in [-0.39, 0.29) is 21.8 Å². The van der Waals surface area contributed by atoms with E-state index in [1.165, 1.54) is 30.3 Å². The second-order valence-electron chi connectivity index (χ2n) is 8.64. The molecule has 2 heterocycles. The number of halogens is 3. The second-order valence-corrected chi connectivity index (χ2v) is 9.92. The van der Waals surface area contributed by atoms with Gasteiger partial charge in [-0.1, -0.05) is 71.2 Å². The minimum atomic E-state index is -2.15. The molecule has 2 amide bonds. The zero-order valence-corrected chi connectivity index (χ0v) is 20.0. The first kappa shape index (κ1) is 22.4. The standard InChI is InChI=1S/C26H14Cl3NO5/c27-13-7-5-12(6-8-13)21-19-20(25(34)30(24(19)33)18-10-9-14(28)11-17(18)29)26(35-21)22(31)15-3-1-2-4-16(15)23(26)32/h1-11,19-21H/t19-,20-,21-/m1/s1. The lowest BCUT2D eigenvalue weighted by atomic mass is 9.77. The number of fused-ring (bicyclic) bond motifs is 3. The summed E-state index contributed by atoms with van der Waals surface area (Å²) in [5, 5.41) is 0.875. The molecule has 35 heavy (non-hydrogen) atoms. The fraction of sp³-hybridized carbons (Fsp3) is 0.154. The molecule has 2 saturated heterocycles. The van der Waals surface area contributed by atoms with Gasteiger partial charge in [-0.2, -0.15) is 0 Å². The molecule has 0 bridgehead atoms. The maximum Gasteiger partial charge on any atom is 0.241 e. The Morgan fingerprint density at radius 2 is 1.34 bits per heavy atom. The molecule has 0 N–H and O–H groups in total. The molecule has 0 radical (unpaired) electrons. The second kappa shape index (κ2) is 7.73. The van der Waals surface area contributed by atoms with Gasteiger partial charge in [0, 0.05) is 21.2 Å². The van der Waals surface area contributed by atoms with E-state index in [0.29, 0.717) is 15.6 Å². The number of nitrogens with zero attached hydrogens (tertiary/aromatic N) is 1. The Hall–Kier alpha value is -3.03. The van der Waals surface area contributed by atoms with E-state index < -0.39 is 46.9 Å². The van der Waals surface area contributed by atoms with Crippen LogP contribution in [0.2, 0.25) is 15.1 Å². The molecule has 3 aromatic rings. The molecular weight excluding hydrogens is 513 g/mol. The number of imide groups is 1. The lowest BCUT2D eigenvalue weighted by Gasteiger charge is -2.27. The number of ketones is 2. The number of Topliss-reactive ketones (excluding diaryl/α,β-unsaturated/α-hetero) is 2. The van der Waals surface area contributed by atoms with E-state index in [4.69, 9.17) is 39.5 Å². The van der Waals surface area contributed by atoms with Gasteiger partial charge in [-0.25, -0.2) is 4.90 Å². The molecule has 3 atom stereocenters. The molecule has 2 aliphatic heterocycles. The Morgan fingerprint density at radius 3 is 1.94 bits per heavy atom. The fourth-order valence-corrected chi connectivity index (χ4v) is 5.99. The SMILES string of the molecule is O=C1[C@H]2[C@@H](c3ccc(Cl)cc3)OC3(C(=O)c4ccccc4C3=O)[C@H]2C(=O)N1c1ccc(Cl)cc1Cl. The highest BCUT2D eigenvalue weighted by atomic mass is 35.5. The van der Waals surface area contributed by atoms with Crippen molar-refractivity contribution in [3.63, 3.8) is 0 Å². The summed E-state index contributed by atoms with van der Waals surface area (Å²) in [4.78, 5) is 56.0. The summed E-state index contributed by atoms with van der Waals surface area (Å²) in [5.74, 6) is -5.09. The minimum Gasteiger partial charge on any atom is -0.349 e. The third kappa shape index (κ3) is 2.94. The predicted octanol–water partition coefficient (Wildman–Crippen LogP) is 5.34. The van der Waals surface area contributed by atoms with Gasteiger partial charge in [0.05, 0.1) is 28.6 Å². The van der Waals surface area contributed by atoms with E-state index in [1.54, 1.807) is 36.4 Å². The van der Waals surface area contributed by atoms with Crippen LogP contribution in [-0.2, 0) is 14.3 Å². The minimum absolute atomic E-state index is 0.0875. The van der Waals surface area contributed by atoms with Crippen molar-refractivity contribution < 1.29 is 23.9 Å². The van der Waals surface area contributed by atoms with Crippen molar-refractivity contribution in [2.24, 2.45) is 11.8 Å². The molecule has 3 aromatic carbocycles. The molecule has 6 rings (SSSR count). The Kier molecular flexibility index (Phi) is 4.96. The van der Waals surface area contributed by atoms with Crippen LogP contribution in [0.1, 0.15) is 32.4 Å². The van der Waals surface area contributed by atoms with Crippen molar-refractivity contribution in [3.05, 3.63) is 98.5 Å². The number of hydrogen-bond acceptors (Lipinski definition) is 5. The first-order chi connectivity index (χ1) is 16.8. The number of carbonyl (C=O) groups excluding carboxylic acids is 4. The van der Waals surface area contributed by atoms with Crippen LogP contribution in [0.15, 0.2) is 66.7 Å². The van der Waals surface area contributed by atoms with Gasteiger partial charge < -0.3 is 4.74 Å². The summed E-state index contributed by atoms with van der Waals surface area (Å²) < 4.78 is 6.22. The summed E-state index contributed by atoms with van der Waals surface area (Å²) in [7, 11) is 0. The Bertz CT molecular complexity index is 1430. The molecule has 2 fully saturated rings. The third-order valence-electron chi connectivity index (χ3n) is 6.87. The molecule has 3 aliphatic rings. The van der Waals surface area contributed by atoms with Gasteiger partial charge in [-0.3, -0.25) is 19.2 Å². The van der Waals surface area contributed by atoms with E-state index in [0.717, 1.165) is 4.90 Å². The lowest BCUT2D eigenvalue weighted by molar-refractivity contribution is -0.127. The lowest BCUT2D eigenvalue weighted by Crippen LogP contribution is -2.51. The van der Waals surface area contributed by atoms with Gasteiger partial charge in [0.2, 0.25) is 29.0 Å². The molecule has 174 valence electrons. The number of ether oxygens (including phenoxy) is 1. The molecule has 0 aromatic heterocycles. The number of anilines is 1. The summed E-state index contributed by atoms with van der Waals surface area (Å²) in [6.07, 6.45) is -1.04. The van der Waals surface area contributed by atoms with Gasteiger partial charge in [0.15, 0.2) is 0 Å². The fourth-order valence-electron chi connectivity index (χ4n) is 5.37. The maximum atomic E-state index is 13.9. The van der Waals surface area contributed by atoms with Crippen LogP contribution >= 0.6 is 34.8 Å². The largest absolute Gasteiger partial charge is 0.349 e. The monoisotopic (exact) mass is 525 g/mol. The third-order valence-corrected chi connectivity index (χ3v) is 7.66. The first-order valence-corrected chi connectivity index (χ1v) is 11.8. The van der Waals surface area contributed by atoms with Crippen molar-refractivity contribution in [1.82, 2.24) is 0 Å². The van der Waals surface area contributed by atoms with Gasteiger partial charge in [-0.15, -0.1) is 0 Å². The zero-order valence-electron chi connectivity index (χ0n) is 17.7. The Balaban J connectivity index is 1.55.